The number of hydrogen-bond acceptors (Lipinski definition) is 2. The van der Waals surface area contributed by atoms with Gasteiger partial charge < -0.3 is 0 Å². The van der Waals surface area contributed by atoms with Crippen molar-refractivity contribution in [3.05, 3.63) is 19.3 Å². The van der Waals surface area contributed by atoms with Gasteiger partial charge in [0.1, 0.15) is 0 Å². The molecule has 0 N–H and O–H groups in total. The summed E-state index contributed by atoms with van der Waals surface area (Å²) in [6.45, 7) is 0. The highest BCUT2D eigenvalue weighted by Gasteiger charge is 1.99. The average molecular weight is 394 g/mol. The predicted molar refractivity (Wildman–Crippen MR) is 66.4 cm³/mol. The molecule has 0 heterocycles. The molecule has 1 aromatic rings. The smallest absolute Gasteiger partial charge is 0.0275 e. The maximum atomic E-state index is 4.23. The second-order valence-electron chi connectivity index (χ2n) is 1.76. The normalized spacial score (nSPS) is 10.0. The van der Waals surface area contributed by atoms with Crippen molar-refractivity contribution in [2.24, 2.45) is 0 Å². The van der Waals surface area contributed by atoms with Gasteiger partial charge in [-0.3, -0.25) is 0 Å². The molecule has 1 aromatic carbocycles. The first-order valence-corrected chi connectivity index (χ1v) is 5.53. The minimum Gasteiger partial charge on any atom is -0.142 e. The fourth-order valence-electron chi connectivity index (χ4n) is 0.526. The van der Waals surface area contributed by atoms with Crippen LogP contribution >= 0.6 is 70.4 Å². The highest BCUT2D eigenvalue weighted by molar-refractivity contribution is 14.1. The minimum absolute atomic E-state index is 0.938. The van der Waals surface area contributed by atoms with Gasteiger partial charge in [-0.2, -0.15) is 0 Å². The van der Waals surface area contributed by atoms with Gasteiger partial charge in [-0.05, 0) is 57.3 Å². The topological polar surface area (TPSA) is 0 Å². The van der Waals surface area contributed by atoms with Crippen LogP contribution in [-0.4, -0.2) is 0 Å². The summed E-state index contributed by atoms with van der Waals surface area (Å²) in [4.78, 5) is 1.88. The fraction of sp³-hybridized carbons (Fsp3) is 0. The fourth-order valence-corrected chi connectivity index (χ4v) is 2.34. The van der Waals surface area contributed by atoms with Gasteiger partial charge in [-0.1, -0.05) is 0 Å². The van der Waals surface area contributed by atoms with E-state index in [-0.39, 0.29) is 0 Å². The summed E-state index contributed by atoms with van der Waals surface area (Å²) >= 11 is 13.0. The molecule has 0 amide bonds. The van der Waals surface area contributed by atoms with E-state index in [2.05, 4.69) is 70.4 Å². The van der Waals surface area contributed by atoms with Crippen LogP contribution in [0.2, 0.25) is 0 Å². The SMILES string of the molecule is Sc1cc(I)c(I)cc1S. The maximum absolute atomic E-state index is 4.23. The molecule has 0 saturated heterocycles. The molecule has 10 heavy (non-hydrogen) atoms. The van der Waals surface area contributed by atoms with Crippen LogP contribution in [-0.2, 0) is 0 Å². The third kappa shape index (κ3) is 2.18. The average Bonchev–Trinajstić information content (AvgIpc) is 1.84. The first-order valence-electron chi connectivity index (χ1n) is 2.48. The van der Waals surface area contributed by atoms with Crippen molar-refractivity contribution in [3.63, 3.8) is 0 Å². The summed E-state index contributed by atoms with van der Waals surface area (Å²) in [6, 6.07) is 4.02. The Labute approximate surface area is 98.3 Å². The van der Waals surface area contributed by atoms with Crippen molar-refractivity contribution in [1.82, 2.24) is 0 Å². The van der Waals surface area contributed by atoms with E-state index in [1.165, 1.54) is 7.14 Å². The molecule has 0 fully saturated rings. The molecule has 1 rings (SSSR count). The third-order valence-corrected chi connectivity index (χ3v) is 4.75. The molecule has 0 nitrogen and oxygen atoms in total. The number of halogens is 2. The van der Waals surface area contributed by atoms with Crippen molar-refractivity contribution < 1.29 is 0 Å². The monoisotopic (exact) mass is 394 g/mol. The molecule has 0 aliphatic rings. The van der Waals surface area contributed by atoms with E-state index in [0.29, 0.717) is 0 Å². The summed E-state index contributed by atoms with van der Waals surface area (Å²) < 4.78 is 2.45. The highest BCUT2D eigenvalue weighted by Crippen LogP contribution is 2.24. The van der Waals surface area contributed by atoms with Crippen LogP contribution in [0, 0.1) is 7.14 Å². The van der Waals surface area contributed by atoms with Crippen LogP contribution in [0.1, 0.15) is 0 Å². The summed E-state index contributed by atoms with van der Waals surface area (Å²) in [5.41, 5.74) is 0. The molecule has 0 saturated carbocycles. The van der Waals surface area contributed by atoms with Gasteiger partial charge in [0.15, 0.2) is 0 Å². The number of thiol groups is 2. The molecule has 4 heteroatoms. The molecule has 0 spiro atoms. The number of rotatable bonds is 0. The lowest BCUT2D eigenvalue weighted by Crippen LogP contribution is -1.80. The molecule has 0 atom stereocenters. The van der Waals surface area contributed by atoms with E-state index in [0.717, 1.165) is 9.79 Å². The quantitative estimate of drug-likeness (QED) is 0.489. The third-order valence-electron chi connectivity index (χ3n) is 1.02. The minimum atomic E-state index is 0.938. The standard InChI is InChI=1S/C6H4I2S2/c7-3-1-5(9)6(10)2-4(3)8/h1-2,9-10H. The Hall–Kier alpha value is 1.38. The van der Waals surface area contributed by atoms with Crippen LogP contribution in [0.4, 0.5) is 0 Å². The summed E-state index contributed by atoms with van der Waals surface area (Å²) in [5, 5.41) is 0. The van der Waals surface area contributed by atoms with Crippen molar-refractivity contribution in [1.29, 1.82) is 0 Å². The van der Waals surface area contributed by atoms with Gasteiger partial charge in [-0.25, -0.2) is 0 Å². The van der Waals surface area contributed by atoms with E-state index < -0.39 is 0 Å². The van der Waals surface area contributed by atoms with Gasteiger partial charge in [0.2, 0.25) is 0 Å². The summed E-state index contributed by atoms with van der Waals surface area (Å²) in [5.74, 6) is 0. The van der Waals surface area contributed by atoms with Crippen LogP contribution in [0.25, 0.3) is 0 Å². The van der Waals surface area contributed by atoms with E-state index in [4.69, 9.17) is 0 Å². The van der Waals surface area contributed by atoms with Crippen molar-refractivity contribution in [2.75, 3.05) is 0 Å². The van der Waals surface area contributed by atoms with E-state index >= 15 is 0 Å². The van der Waals surface area contributed by atoms with Crippen LogP contribution in [0.5, 0.6) is 0 Å². The van der Waals surface area contributed by atoms with Crippen molar-refractivity contribution in [3.8, 4) is 0 Å². The Balaban J connectivity index is 3.28. The first kappa shape index (κ1) is 9.47. The molecular weight excluding hydrogens is 390 g/mol. The van der Waals surface area contributed by atoms with Gasteiger partial charge in [0.25, 0.3) is 0 Å². The van der Waals surface area contributed by atoms with Crippen LogP contribution in [0.3, 0.4) is 0 Å². The molecular formula is C6H4I2S2. The Kier molecular flexibility index (Phi) is 3.66. The Morgan fingerprint density at radius 3 is 1.50 bits per heavy atom. The lowest BCUT2D eigenvalue weighted by molar-refractivity contribution is 1.23. The molecule has 0 aromatic heterocycles. The Morgan fingerprint density at radius 2 is 1.20 bits per heavy atom. The predicted octanol–water partition coefficient (Wildman–Crippen LogP) is 3.47. The van der Waals surface area contributed by atoms with E-state index in [1.54, 1.807) is 0 Å². The largest absolute Gasteiger partial charge is 0.142 e. The van der Waals surface area contributed by atoms with Crippen LogP contribution < -0.4 is 0 Å². The zero-order valence-electron chi connectivity index (χ0n) is 4.81. The highest BCUT2D eigenvalue weighted by atomic mass is 127. The lowest BCUT2D eigenvalue weighted by Gasteiger charge is -2.00. The molecule has 0 radical (unpaired) electrons. The van der Waals surface area contributed by atoms with E-state index in [1.807, 2.05) is 12.1 Å². The molecule has 0 unspecified atom stereocenters. The number of hydrogen-bond donors (Lipinski definition) is 2. The Morgan fingerprint density at radius 1 is 0.900 bits per heavy atom. The number of benzene rings is 1. The summed E-state index contributed by atoms with van der Waals surface area (Å²) in [7, 11) is 0. The molecule has 0 bridgehead atoms. The lowest BCUT2D eigenvalue weighted by atomic mass is 10.4. The van der Waals surface area contributed by atoms with Gasteiger partial charge in [-0.15, -0.1) is 25.3 Å². The second-order valence-corrected chi connectivity index (χ2v) is 5.04. The molecule has 54 valence electrons. The molecule has 0 aliphatic carbocycles. The van der Waals surface area contributed by atoms with Gasteiger partial charge in [0, 0.05) is 16.9 Å². The van der Waals surface area contributed by atoms with Gasteiger partial charge >= 0.3 is 0 Å². The van der Waals surface area contributed by atoms with Gasteiger partial charge in [0.05, 0.1) is 0 Å². The Bertz CT molecular complexity index is 210. The molecule has 0 aliphatic heterocycles. The second kappa shape index (κ2) is 3.86. The van der Waals surface area contributed by atoms with E-state index in [9.17, 15) is 0 Å². The zero-order valence-corrected chi connectivity index (χ0v) is 10.9. The maximum Gasteiger partial charge on any atom is 0.0275 e. The first-order chi connectivity index (χ1) is 4.61. The zero-order chi connectivity index (χ0) is 7.72. The van der Waals surface area contributed by atoms with Crippen LogP contribution in [0.15, 0.2) is 21.9 Å². The van der Waals surface area contributed by atoms with Crippen molar-refractivity contribution >= 4 is 70.4 Å². The summed E-state index contributed by atoms with van der Waals surface area (Å²) in [6.07, 6.45) is 0. The van der Waals surface area contributed by atoms with Crippen molar-refractivity contribution in [2.45, 2.75) is 9.79 Å².